The van der Waals surface area contributed by atoms with E-state index >= 15 is 0 Å². The quantitative estimate of drug-likeness (QED) is 0.650. The van der Waals surface area contributed by atoms with Crippen molar-refractivity contribution < 1.29 is 8.42 Å². The lowest BCUT2D eigenvalue weighted by Gasteiger charge is -2.25. The Morgan fingerprint density at radius 3 is 2.64 bits per heavy atom. The topological polar surface area (TPSA) is 37.4 Å². The minimum Gasteiger partial charge on any atom is -0.269 e. The summed E-state index contributed by atoms with van der Waals surface area (Å²) in [5.41, 5.74) is 2.09. The summed E-state index contributed by atoms with van der Waals surface area (Å²) in [6.07, 6.45) is 0. The van der Waals surface area contributed by atoms with E-state index in [9.17, 15) is 8.42 Å². The van der Waals surface area contributed by atoms with Crippen molar-refractivity contribution >= 4 is 21.3 Å². The predicted molar refractivity (Wildman–Crippen MR) is 57.1 cm³/mol. The molecule has 0 aromatic heterocycles. The second-order valence-electron chi connectivity index (χ2n) is 3.17. The highest BCUT2D eigenvalue weighted by molar-refractivity contribution is 7.95. The summed E-state index contributed by atoms with van der Waals surface area (Å²) >= 11 is 0. The highest BCUT2D eigenvalue weighted by atomic mass is 32.2. The van der Waals surface area contributed by atoms with Gasteiger partial charge in [0.15, 0.2) is 0 Å². The Morgan fingerprint density at radius 2 is 1.93 bits per heavy atom. The molecule has 73 valence electrons. The molecule has 1 aliphatic rings. The summed E-state index contributed by atoms with van der Waals surface area (Å²) in [4.78, 5) is 0. The molecule has 0 aliphatic carbocycles. The van der Waals surface area contributed by atoms with Crippen LogP contribution in [0, 0.1) is 6.92 Å². The van der Waals surface area contributed by atoms with Gasteiger partial charge in [0.25, 0.3) is 10.0 Å². The van der Waals surface area contributed by atoms with Gasteiger partial charge in [0.2, 0.25) is 0 Å². The number of rotatable bonds is 0. The maximum absolute atomic E-state index is 11.6. The van der Waals surface area contributed by atoms with Crippen molar-refractivity contribution in [2.75, 3.05) is 11.4 Å². The van der Waals surface area contributed by atoms with E-state index < -0.39 is 10.0 Å². The molecule has 1 radical (unpaired) electrons. The molecule has 1 heterocycles. The minimum atomic E-state index is -3.32. The molecule has 0 spiro atoms. The van der Waals surface area contributed by atoms with Crippen LogP contribution in [0.15, 0.2) is 29.7 Å². The minimum absolute atomic E-state index is 0.540. The van der Waals surface area contributed by atoms with E-state index in [1.54, 1.807) is 6.07 Å². The van der Waals surface area contributed by atoms with Crippen molar-refractivity contribution in [2.24, 2.45) is 0 Å². The number of benzene rings is 1. The number of para-hydroxylation sites is 1. The fraction of sp³-hybridized carbons (Fsp3) is 0.100. The fourth-order valence-electron chi connectivity index (χ4n) is 1.48. The first-order chi connectivity index (χ1) is 6.52. The van der Waals surface area contributed by atoms with Crippen molar-refractivity contribution in [2.45, 2.75) is 0 Å². The van der Waals surface area contributed by atoms with Crippen LogP contribution in [0.5, 0.6) is 0 Å². The number of nitrogens with zero attached hydrogens (tertiary/aromatic N) is 1. The molecule has 4 heteroatoms. The van der Waals surface area contributed by atoms with E-state index in [1.165, 1.54) is 16.8 Å². The summed E-state index contributed by atoms with van der Waals surface area (Å²) in [7, 11) is -1.78. The zero-order valence-electron chi connectivity index (χ0n) is 7.77. The predicted octanol–water partition coefficient (Wildman–Crippen LogP) is 1.64. The summed E-state index contributed by atoms with van der Waals surface area (Å²) in [6, 6.07) is 7.30. The third kappa shape index (κ3) is 1.23. The number of anilines is 1. The second kappa shape index (κ2) is 2.85. The van der Waals surface area contributed by atoms with Crippen LogP contribution in [-0.4, -0.2) is 15.5 Å². The zero-order chi connectivity index (χ0) is 10.3. The Labute approximate surface area is 83.7 Å². The van der Waals surface area contributed by atoms with Crippen molar-refractivity contribution in [3.05, 3.63) is 42.2 Å². The molecule has 0 bridgehead atoms. The van der Waals surface area contributed by atoms with E-state index in [0.29, 0.717) is 11.3 Å². The standard InChI is InChI=1S/C10H10NO2S/c1-8-7-14(12,13)11(2)10-6-4-3-5-9(8)10/h3-7H,1H2,2H3. The van der Waals surface area contributed by atoms with Gasteiger partial charge in [0.1, 0.15) is 0 Å². The Morgan fingerprint density at radius 1 is 1.29 bits per heavy atom. The first-order valence-corrected chi connectivity index (χ1v) is 5.65. The van der Waals surface area contributed by atoms with E-state index in [2.05, 4.69) is 6.92 Å². The van der Waals surface area contributed by atoms with Gasteiger partial charge in [-0.2, -0.15) is 0 Å². The van der Waals surface area contributed by atoms with E-state index in [0.717, 1.165) is 5.56 Å². The van der Waals surface area contributed by atoms with Gasteiger partial charge in [-0.1, -0.05) is 18.2 Å². The Kier molecular flexibility index (Phi) is 1.89. The van der Waals surface area contributed by atoms with Crippen molar-refractivity contribution in [1.82, 2.24) is 0 Å². The van der Waals surface area contributed by atoms with Crippen molar-refractivity contribution in [3.63, 3.8) is 0 Å². The normalized spacial score (nSPS) is 18.7. The molecule has 0 saturated heterocycles. The molecule has 1 aromatic carbocycles. The summed E-state index contributed by atoms with van der Waals surface area (Å²) in [6.45, 7) is 3.72. The summed E-state index contributed by atoms with van der Waals surface area (Å²) in [5.74, 6) is 0. The van der Waals surface area contributed by atoms with E-state index in [1.807, 2.05) is 18.2 Å². The lowest BCUT2D eigenvalue weighted by Crippen LogP contribution is -2.27. The molecule has 0 unspecified atom stereocenters. The van der Waals surface area contributed by atoms with Crippen LogP contribution in [0.3, 0.4) is 0 Å². The first-order valence-electron chi connectivity index (χ1n) is 4.14. The summed E-state index contributed by atoms with van der Waals surface area (Å²) < 4.78 is 24.4. The number of fused-ring (bicyclic) bond motifs is 1. The second-order valence-corrected chi connectivity index (χ2v) is 4.99. The lowest BCUT2D eigenvalue weighted by atomic mass is 10.1. The van der Waals surface area contributed by atoms with Gasteiger partial charge < -0.3 is 0 Å². The Bertz CT molecular complexity index is 503. The zero-order valence-corrected chi connectivity index (χ0v) is 8.58. The maximum atomic E-state index is 11.6. The Hall–Kier alpha value is -1.29. The maximum Gasteiger partial charge on any atom is 0.257 e. The SMILES string of the molecule is [CH2]C1=CS(=O)(=O)N(C)c2ccccc21. The largest absolute Gasteiger partial charge is 0.269 e. The molecule has 2 rings (SSSR count). The summed E-state index contributed by atoms with van der Waals surface area (Å²) in [5, 5.41) is 1.19. The first kappa shape index (κ1) is 9.27. The monoisotopic (exact) mass is 208 g/mol. The average molecular weight is 208 g/mol. The van der Waals surface area contributed by atoms with Gasteiger partial charge >= 0.3 is 0 Å². The van der Waals surface area contributed by atoms with Crippen LogP contribution < -0.4 is 4.31 Å². The van der Waals surface area contributed by atoms with Gasteiger partial charge in [-0.15, -0.1) is 0 Å². The molecule has 1 aliphatic heterocycles. The smallest absolute Gasteiger partial charge is 0.257 e. The molecule has 0 atom stereocenters. The number of hydrogen-bond donors (Lipinski definition) is 0. The van der Waals surface area contributed by atoms with Crippen LogP contribution in [0.4, 0.5) is 5.69 Å². The third-order valence-electron chi connectivity index (χ3n) is 2.26. The van der Waals surface area contributed by atoms with Crippen LogP contribution in [0.25, 0.3) is 5.57 Å². The Balaban J connectivity index is 2.75. The molecule has 0 fully saturated rings. The highest BCUT2D eigenvalue weighted by Crippen LogP contribution is 2.32. The number of sulfonamides is 1. The molecular weight excluding hydrogens is 198 g/mol. The molecule has 0 saturated carbocycles. The molecule has 1 aromatic rings. The highest BCUT2D eigenvalue weighted by Gasteiger charge is 2.24. The van der Waals surface area contributed by atoms with E-state index in [-0.39, 0.29) is 0 Å². The van der Waals surface area contributed by atoms with Crippen LogP contribution in [0.1, 0.15) is 5.56 Å². The molecule has 0 amide bonds. The third-order valence-corrected chi connectivity index (χ3v) is 3.80. The van der Waals surface area contributed by atoms with Crippen molar-refractivity contribution in [3.8, 4) is 0 Å². The van der Waals surface area contributed by atoms with Gasteiger partial charge in [-0.25, -0.2) is 8.42 Å². The van der Waals surface area contributed by atoms with Gasteiger partial charge in [0, 0.05) is 12.6 Å². The number of allylic oxidation sites excluding steroid dienone is 1. The van der Waals surface area contributed by atoms with Gasteiger partial charge in [0.05, 0.1) is 11.1 Å². The average Bonchev–Trinajstić information content (AvgIpc) is 2.14. The fourth-order valence-corrected chi connectivity index (χ4v) is 2.56. The van der Waals surface area contributed by atoms with Crippen LogP contribution in [0.2, 0.25) is 0 Å². The van der Waals surface area contributed by atoms with Gasteiger partial charge in [-0.3, -0.25) is 4.31 Å². The van der Waals surface area contributed by atoms with Crippen molar-refractivity contribution in [1.29, 1.82) is 0 Å². The molecular formula is C10H10NO2S. The van der Waals surface area contributed by atoms with Gasteiger partial charge in [-0.05, 0) is 18.6 Å². The molecule has 14 heavy (non-hydrogen) atoms. The molecule has 0 N–H and O–H groups in total. The van der Waals surface area contributed by atoms with E-state index in [4.69, 9.17) is 0 Å². The molecule has 3 nitrogen and oxygen atoms in total. The number of hydrogen-bond acceptors (Lipinski definition) is 2. The van der Waals surface area contributed by atoms with Crippen LogP contribution in [-0.2, 0) is 10.0 Å². The van der Waals surface area contributed by atoms with Crippen LogP contribution >= 0.6 is 0 Å². The lowest BCUT2D eigenvalue weighted by molar-refractivity contribution is 0.602.